The summed E-state index contributed by atoms with van der Waals surface area (Å²) in [6.07, 6.45) is -5.95. The number of aliphatic hydroxyl groups is 7. The molecule has 0 radical (unpaired) electrons. The number of hydrogen-bond acceptors (Lipinski definition) is 20. The summed E-state index contributed by atoms with van der Waals surface area (Å²) in [5.41, 5.74) is 0. The van der Waals surface area contributed by atoms with Crippen LogP contribution in [0, 0.1) is 0 Å². The lowest BCUT2D eigenvalue weighted by Crippen LogP contribution is -2.69. The Balaban J connectivity index is 1.73. The third kappa shape index (κ3) is 21.0. The number of likely N-dealkylation sites (N-methyl/N-ethyl adjacent to an activating group) is 1. The Labute approximate surface area is 378 Å². The third-order valence-corrected chi connectivity index (χ3v) is 10.7. The predicted molar refractivity (Wildman–Crippen MR) is 223 cm³/mol. The number of aliphatic hydroxyl groups excluding tert-OH is 7. The number of amides is 2. The number of esters is 4. The van der Waals surface area contributed by atoms with Crippen molar-refractivity contribution in [1.82, 2.24) is 10.6 Å². The maximum atomic E-state index is 12.7. The molecular weight excluding hydrogens is 866 g/mol. The second-order valence-electron chi connectivity index (χ2n) is 16.8. The Morgan fingerprint density at radius 2 is 1.42 bits per heavy atom. The van der Waals surface area contributed by atoms with Gasteiger partial charge in [0.15, 0.2) is 25.2 Å². The van der Waals surface area contributed by atoms with Crippen LogP contribution in [0.4, 0.5) is 0 Å². The SMILES string of the molecule is CCCCCC(OC(=O)C[N+](C)(C)CCOC(C)=O)/C(O)=C\CCCCCCCC(=O)OCOC(=O)CC(=O)N[C@@H]1C(O)[C@@H](O[C@H]2OC(CO)[C@H](O)C(O)[C@H]2NC(C)=O)C(CO)O[C@@H]1O. The number of ether oxygens (including phenoxy) is 7. The molecule has 23 nitrogen and oxygen atoms in total. The smallest absolute Gasteiger partial charge is 0.362 e. The third-order valence-electron chi connectivity index (χ3n) is 10.7. The Morgan fingerprint density at radius 1 is 0.754 bits per heavy atom. The van der Waals surface area contributed by atoms with Gasteiger partial charge in [0, 0.05) is 20.3 Å². The number of carbonyl (C=O) groups is 6. The van der Waals surface area contributed by atoms with Crippen molar-refractivity contribution in [2.45, 2.75) is 165 Å². The first kappa shape index (κ1) is 57.1. The standard InChI is InChI=1S/C42H71N3O20/c1-6-7-12-16-28(62-34(54)21-45(4,5)18-19-59-26(3)49)27(50)15-13-10-8-9-11-14-17-32(52)60-24-61-33(53)20-31(51)44-35-39(57)40(30(23-47)63-41(35)58)65-42-36(43-25(2)48)38(56)37(55)29(22-46)64-42/h15,28-30,35-42,46-47,55-58H,6-14,16-24H2,1-5H3,(H2-,43,44,48,50,51)/p+1/b27-15+/t28?,29?,30?,35-,36-,37+,38?,39?,40+,41+,42-/m1/s1. The minimum atomic E-state index is -1.92. The number of rotatable bonds is 29. The Morgan fingerprint density at radius 3 is 2.06 bits per heavy atom. The molecule has 2 aliphatic heterocycles. The fourth-order valence-electron chi connectivity index (χ4n) is 7.03. The predicted octanol–water partition coefficient (Wildman–Crippen LogP) is -1.39. The van der Waals surface area contributed by atoms with Crippen LogP contribution in [-0.2, 0) is 61.9 Å². The van der Waals surface area contributed by atoms with Crippen LogP contribution in [0.1, 0.15) is 97.8 Å². The zero-order valence-electron chi connectivity index (χ0n) is 38.0. The van der Waals surface area contributed by atoms with Gasteiger partial charge in [-0.25, -0.2) is 4.79 Å². The average Bonchev–Trinajstić information content (AvgIpc) is 3.22. The highest BCUT2D eigenvalue weighted by molar-refractivity contribution is 5.94. The molecule has 5 unspecified atom stereocenters. The normalized spacial score (nSPS) is 26.4. The Bertz CT molecular complexity index is 1530. The van der Waals surface area contributed by atoms with Crippen LogP contribution < -0.4 is 10.6 Å². The van der Waals surface area contributed by atoms with Crippen LogP contribution in [0.15, 0.2) is 11.8 Å². The number of allylic oxidation sites excluding steroid dienone is 1. The van der Waals surface area contributed by atoms with Crippen molar-refractivity contribution in [1.29, 1.82) is 0 Å². The highest BCUT2D eigenvalue weighted by Crippen LogP contribution is 2.29. The molecule has 0 aromatic carbocycles. The number of carbonyl (C=O) groups excluding carboxylic acids is 6. The first-order valence-electron chi connectivity index (χ1n) is 22.0. The molecule has 0 bridgehead atoms. The van der Waals surface area contributed by atoms with Gasteiger partial charge in [-0.2, -0.15) is 0 Å². The van der Waals surface area contributed by atoms with E-state index in [4.69, 9.17) is 33.2 Å². The lowest BCUT2D eigenvalue weighted by atomic mass is 9.94. The summed E-state index contributed by atoms with van der Waals surface area (Å²) in [7, 11) is 3.64. The molecule has 9 N–H and O–H groups in total. The van der Waals surface area contributed by atoms with Gasteiger partial charge in [-0.05, 0) is 38.2 Å². The second-order valence-corrected chi connectivity index (χ2v) is 16.8. The molecule has 2 amide bonds. The summed E-state index contributed by atoms with van der Waals surface area (Å²) < 4.78 is 37.2. The van der Waals surface area contributed by atoms with Crippen molar-refractivity contribution >= 4 is 35.7 Å². The summed E-state index contributed by atoms with van der Waals surface area (Å²) >= 11 is 0. The lowest BCUT2D eigenvalue weighted by molar-refractivity contribution is -0.883. The fourth-order valence-corrected chi connectivity index (χ4v) is 7.03. The molecule has 2 rings (SSSR count). The molecular formula is C42H72N3O20+. The van der Waals surface area contributed by atoms with Gasteiger partial charge in [-0.3, -0.25) is 24.0 Å². The first-order chi connectivity index (χ1) is 30.7. The van der Waals surface area contributed by atoms with E-state index in [1.165, 1.54) is 6.92 Å². The topological polar surface area (TPSA) is 333 Å². The summed E-state index contributed by atoms with van der Waals surface area (Å²) in [6, 6.07) is -3.09. The van der Waals surface area contributed by atoms with E-state index in [0.29, 0.717) is 32.2 Å². The molecule has 2 saturated heterocycles. The van der Waals surface area contributed by atoms with E-state index in [0.717, 1.165) is 45.4 Å². The van der Waals surface area contributed by atoms with Crippen molar-refractivity contribution < 1.29 is 102 Å². The molecule has 23 heteroatoms. The van der Waals surface area contributed by atoms with Crippen molar-refractivity contribution in [3.05, 3.63) is 11.8 Å². The largest absolute Gasteiger partial charge is 0.509 e. The maximum absolute atomic E-state index is 12.7. The van der Waals surface area contributed by atoms with E-state index < -0.39 is 130 Å². The Hall–Kier alpha value is -4.04. The van der Waals surface area contributed by atoms with Crippen LogP contribution in [0.3, 0.4) is 0 Å². The monoisotopic (exact) mass is 938 g/mol. The molecule has 2 aliphatic rings. The summed E-state index contributed by atoms with van der Waals surface area (Å²) in [5, 5.41) is 77.3. The van der Waals surface area contributed by atoms with Crippen LogP contribution in [0.5, 0.6) is 0 Å². The number of nitrogens with zero attached hydrogens (tertiary/aromatic N) is 1. The number of hydrogen-bond donors (Lipinski definition) is 9. The summed E-state index contributed by atoms with van der Waals surface area (Å²) in [5.74, 6) is -4.33. The first-order valence-corrected chi connectivity index (χ1v) is 22.0. The molecule has 11 atom stereocenters. The van der Waals surface area contributed by atoms with Crippen molar-refractivity contribution in [3.8, 4) is 0 Å². The zero-order valence-corrected chi connectivity index (χ0v) is 38.0. The van der Waals surface area contributed by atoms with Crippen LogP contribution in [-0.4, -0.2) is 197 Å². The molecule has 0 aliphatic carbocycles. The number of unbranched alkanes of at least 4 members (excludes halogenated alkanes) is 7. The van der Waals surface area contributed by atoms with Gasteiger partial charge >= 0.3 is 23.9 Å². The zero-order chi connectivity index (χ0) is 48.7. The maximum Gasteiger partial charge on any atom is 0.362 e. The number of quaternary nitrogens is 1. The highest BCUT2D eigenvalue weighted by atomic mass is 16.7. The van der Waals surface area contributed by atoms with Gasteiger partial charge < -0.3 is 84.0 Å². The molecule has 0 aromatic rings. The molecule has 0 saturated carbocycles. The van der Waals surface area contributed by atoms with Gasteiger partial charge in [-0.15, -0.1) is 0 Å². The molecule has 0 spiro atoms. The molecule has 0 aromatic heterocycles. The fraction of sp³-hybridized carbons (Fsp3) is 0.810. The summed E-state index contributed by atoms with van der Waals surface area (Å²) in [4.78, 5) is 72.8. The van der Waals surface area contributed by atoms with Crippen molar-refractivity contribution in [3.63, 3.8) is 0 Å². The van der Waals surface area contributed by atoms with Gasteiger partial charge in [0.1, 0.15) is 74.0 Å². The van der Waals surface area contributed by atoms with Crippen LogP contribution in [0.2, 0.25) is 0 Å². The van der Waals surface area contributed by atoms with E-state index in [2.05, 4.69) is 17.6 Å². The highest BCUT2D eigenvalue weighted by Gasteiger charge is 2.51. The van der Waals surface area contributed by atoms with Gasteiger partial charge in [0.25, 0.3) is 0 Å². The van der Waals surface area contributed by atoms with E-state index in [9.17, 15) is 64.5 Å². The average molecular weight is 939 g/mol. The minimum absolute atomic E-state index is 0.00547. The van der Waals surface area contributed by atoms with E-state index >= 15 is 0 Å². The van der Waals surface area contributed by atoms with E-state index in [1.54, 1.807) is 6.08 Å². The van der Waals surface area contributed by atoms with Crippen LogP contribution >= 0.6 is 0 Å². The molecule has 65 heavy (non-hydrogen) atoms. The number of nitrogens with one attached hydrogen (secondary N) is 2. The van der Waals surface area contributed by atoms with Crippen LogP contribution in [0.25, 0.3) is 0 Å². The van der Waals surface area contributed by atoms with Gasteiger partial charge in [-0.1, -0.05) is 39.0 Å². The molecule has 374 valence electrons. The second kappa shape index (κ2) is 29.6. The van der Waals surface area contributed by atoms with Gasteiger partial charge in [0.2, 0.25) is 18.6 Å². The van der Waals surface area contributed by atoms with Crippen molar-refractivity contribution in [2.24, 2.45) is 0 Å². The molecule has 2 fully saturated rings. The molecule has 2 heterocycles. The summed E-state index contributed by atoms with van der Waals surface area (Å²) in [6.45, 7) is 2.74. The minimum Gasteiger partial charge on any atom is -0.509 e. The van der Waals surface area contributed by atoms with E-state index in [1.807, 2.05) is 14.1 Å². The quantitative estimate of drug-likeness (QED) is 0.00793. The van der Waals surface area contributed by atoms with Crippen molar-refractivity contribution in [2.75, 3.05) is 53.8 Å². The van der Waals surface area contributed by atoms with E-state index in [-0.39, 0.29) is 29.8 Å². The van der Waals surface area contributed by atoms with Gasteiger partial charge in [0.05, 0.1) is 27.3 Å². The lowest BCUT2D eigenvalue weighted by Gasteiger charge is -2.47. The Kier molecular flexibility index (Phi) is 26.0.